The van der Waals surface area contributed by atoms with E-state index in [0.717, 1.165) is 35.4 Å². The fraction of sp³-hybridized carbons (Fsp3) is 0.562. The molecule has 0 spiro atoms. The average Bonchev–Trinajstić information content (AvgIpc) is 2.72. The van der Waals surface area contributed by atoms with E-state index in [-0.39, 0.29) is 11.7 Å². The number of fused-ring (bicyclic) bond motifs is 1. The summed E-state index contributed by atoms with van der Waals surface area (Å²) in [5.74, 6) is 1.93. The van der Waals surface area contributed by atoms with Gasteiger partial charge in [-0.15, -0.1) is 0 Å². The zero-order valence-electron chi connectivity index (χ0n) is 12.9. The molecule has 1 aromatic carbocycles. The van der Waals surface area contributed by atoms with Crippen molar-refractivity contribution in [1.82, 2.24) is 4.90 Å². The zero-order valence-corrected chi connectivity index (χ0v) is 12.9. The maximum absolute atomic E-state index is 12.4. The minimum absolute atomic E-state index is 0.182. The van der Waals surface area contributed by atoms with Gasteiger partial charge in [-0.3, -0.25) is 4.79 Å². The normalized spacial score (nSPS) is 17.5. The molecule has 1 atom stereocenters. The molecule has 0 radical (unpaired) electrons. The first-order chi connectivity index (χ1) is 9.53. The van der Waals surface area contributed by atoms with Gasteiger partial charge in [0.15, 0.2) is 5.78 Å². The van der Waals surface area contributed by atoms with Crippen molar-refractivity contribution in [3.05, 3.63) is 22.8 Å². The summed E-state index contributed by atoms with van der Waals surface area (Å²) in [6.07, 6.45) is 1.34. The van der Waals surface area contributed by atoms with Crippen LogP contribution in [-0.2, 0) is 6.42 Å². The lowest BCUT2D eigenvalue weighted by molar-refractivity contribution is 0.0983. The van der Waals surface area contributed by atoms with Crippen LogP contribution in [0.2, 0.25) is 0 Å². The number of carbonyl (C=O) groups is 1. The number of methoxy groups -OCH3 is 2. The van der Waals surface area contributed by atoms with Gasteiger partial charge in [-0.1, -0.05) is 6.92 Å². The van der Waals surface area contributed by atoms with Crippen molar-refractivity contribution in [2.24, 2.45) is 0 Å². The number of ether oxygens (including phenoxy) is 2. The van der Waals surface area contributed by atoms with Crippen LogP contribution in [0.3, 0.4) is 0 Å². The molecule has 20 heavy (non-hydrogen) atoms. The maximum Gasteiger partial charge on any atom is 0.167 e. The molecule has 0 saturated carbocycles. The number of nitrogens with zero attached hydrogens (tertiary/aromatic N) is 1. The smallest absolute Gasteiger partial charge is 0.167 e. The first kappa shape index (κ1) is 14.9. The van der Waals surface area contributed by atoms with E-state index >= 15 is 0 Å². The molecule has 0 N–H and O–H groups in total. The summed E-state index contributed by atoms with van der Waals surface area (Å²) in [7, 11) is 7.34. The Balaban J connectivity index is 2.60. The number of hydrogen-bond acceptors (Lipinski definition) is 4. The first-order valence-electron chi connectivity index (χ1n) is 6.99. The Kier molecular flexibility index (Phi) is 4.33. The van der Waals surface area contributed by atoms with Gasteiger partial charge in [-0.25, -0.2) is 0 Å². The van der Waals surface area contributed by atoms with Gasteiger partial charge in [0.1, 0.15) is 11.5 Å². The lowest BCUT2D eigenvalue weighted by Crippen LogP contribution is -2.19. The third-order valence-corrected chi connectivity index (χ3v) is 3.89. The van der Waals surface area contributed by atoms with E-state index in [0.29, 0.717) is 12.2 Å². The Morgan fingerprint density at radius 3 is 2.50 bits per heavy atom. The molecule has 0 unspecified atom stereocenters. The number of rotatable bonds is 5. The van der Waals surface area contributed by atoms with Gasteiger partial charge in [-0.05, 0) is 32.1 Å². The summed E-state index contributed by atoms with van der Waals surface area (Å²) in [5.41, 5.74) is 2.80. The number of Topliss-reactive ketones (excluding diaryl/α,β-unsaturated/α-hetero) is 1. The highest BCUT2D eigenvalue weighted by Crippen LogP contribution is 2.44. The molecule has 0 aliphatic heterocycles. The summed E-state index contributed by atoms with van der Waals surface area (Å²) in [4.78, 5) is 14.5. The van der Waals surface area contributed by atoms with E-state index in [4.69, 9.17) is 9.47 Å². The van der Waals surface area contributed by atoms with Crippen LogP contribution in [0, 0.1) is 0 Å². The molecule has 0 amide bonds. The van der Waals surface area contributed by atoms with Gasteiger partial charge >= 0.3 is 0 Å². The van der Waals surface area contributed by atoms with Crippen molar-refractivity contribution < 1.29 is 14.3 Å². The van der Waals surface area contributed by atoms with Crippen molar-refractivity contribution in [3.8, 4) is 11.5 Å². The van der Waals surface area contributed by atoms with Crippen LogP contribution in [0.4, 0.5) is 0 Å². The Morgan fingerprint density at radius 1 is 1.30 bits per heavy atom. The molecule has 0 aromatic heterocycles. The summed E-state index contributed by atoms with van der Waals surface area (Å²) in [5, 5.41) is 0. The third kappa shape index (κ3) is 2.40. The largest absolute Gasteiger partial charge is 0.496 e. The van der Waals surface area contributed by atoms with Crippen molar-refractivity contribution >= 4 is 5.78 Å². The van der Waals surface area contributed by atoms with Crippen molar-refractivity contribution in [3.63, 3.8) is 0 Å². The Labute approximate surface area is 120 Å². The minimum atomic E-state index is 0.182. The van der Waals surface area contributed by atoms with E-state index in [1.54, 1.807) is 14.2 Å². The van der Waals surface area contributed by atoms with Crippen molar-refractivity contribution in [2.45, 2.75) is 25.7 Å². The zero-order chi connectivity index (χ0) is 14.9. The number of ketones is 1. The second kappa shape index (κ2) is 5.83. The molecule has 4 heteroatoms. The molecule has 0 bridgehead atoms. The molecule has 2 rings (SSSR count). The molecule has 1 aliphatic carbocycles. The Bertz CT molecular complexity index is 523. The number of benzene rings is 1. The van der Waals surface area contributed by atoms with E-state index in [1.807, 2.05) is 27.1 Å². The van der Waals surface area contributed by atoms with E-state index in [2.05, 4.69) is 4.90 Å². The lowest BCUT2D eigenvalue weighted by atomic mass is 9.96. The standard InChI is InChI=1S/C16H23NO3/c1-6-11-14(19-4)8-12-10(9-17(2)3)7-13(18)15(12)16(11)20-5/h8,10H,6-7,9H2,1-5H3/t10-/m0/s1. The maximum atomic E-state index is 12.4. The quantitative estimate of drug-likeness (QED) is 0.829. The third-order valence-electron chi connectivity index (χ3n) is 3.89. The highest BCUT2D eigenvalue weighted by atomic mass is 16.5. The molecular formula is C16H23NO3. The summed E-state index contributed by atoms with van der Waals surface area (Å²) in [6.45, 7) is 2.90. The topological polar surface area (TPSA) is 38.8 Å². The van der Waals surface area contributed by atoms with Crippen LogP contribution in [0.5, 0.6) is 11.5 Å². The predicted octanol–water partition coefficient (Wildman–Crippen LogP) is 2.50. The predicted molar refractivity (Wildman–Crippen MR) is 79.2 cm³/mol. The SMILES string of the molecule is CCc1c(OC)cc2c(c1OC)C(=O)C[C@H]2CN(C)C. The molecule has 0 fully saturated rings. The minimum Gasteiger partial charge on any atom is -0.496 e. The van der Waals surface area contributed by atoms with Gasteiger partial charge in [0.2, 0.25) is 0 Å². The van der Waals surface area contributed by atoms with Crippen LogP contribution in [0.25, 0.3) is 0 Å². The van der Waals surface area contributed by atoms with Gasteiger partial charge in [0.05, 0.1) is 19.8 Å². The summed E-state index contributed by atoms with van der Waals surface area (Å²) >= 11 is 0. The van der Waals surface area contributed by atoms with Crippen LogP contribution >= 0.6 is 0 Å². The van der Waals surface area contributed by atoms with Crippen LogP contribution in [-0.4, -0.2) is 45.5 Å². The second-order valence-electron chi connectivity index (χ2n) is 5.49. The molecule has 0 heterocycles. The molecular weight excluding hydrogens is 254 g/mol. The van der Waals surface area contributed by atoms with E-state index in [1.165, 1.54) is 0 Å². The van der Waals surface area contributed by atoms with Crippen molar-refractivity contribution in [1.29, 1.82) is 0 Å². The van der Waals surface area contributed by atoms with Crippen LogP contribution < -0.4 is 9.47 Å². The molecule has 4 nitrogen and oxygen atoms in total. The summed E-state index contributed by atoms with van der Waals surface area (Å²) < 4.78 is 11.0. The van der Waals surface area contributed by atoms with Crippen molar-refractivity contribution in [2.75, 3.05) is 34.9 Å². The van der Waals surface area contributed by atoms with Crippen LogP contribution in [0.1, 0.15) is 40.7 Å². The van der Waals surface area contributed by atoms with E-state index in [9.17, 15) is 4.79 Å². The number of hydrogen-bond donors (Lipinski definition) is 0. The lowest BCUT2D eigenvalue weighted by Gasteiger charge is -2.19. The first-order valence-corrected chi connectivity index (χ1v) is 6.99. The monoisotopic (exact) mass is 277 g/mol. The molecule has 110 valence electrons. The highest BCUT2D eigenvalue weighted by molar-refractivity contribution is 6.04. The van der Waals surface area contributed by atoms with Gasteiger partial charge in [-0.2, -0.15) is 0 Å². The van der Waals surface area contributed by atoms with E-state index < -0.39 is 0 Å². The number of likely N-dealkylation sites (N-methyl/N-ethyl adjacent to an activating group) is 1. The molecule has 1 aliphatic rings. The van der Waals surface area contributed by atoms with Crippen LogP contribution in [0.15, 0.2) is 6.07 Å². The Hall–Kier alpha value is -1.55. The van der Waals surface area contributed by atoms with Gasteiger partial charge in [0, 0.05) is 24.4 Å². The summed E-state index contributed by atoms with van der Waals surface area (Å²) in [6, 6.07) is 2.02. The molecule has 1 aromatic rings. The fourth-order valence-corrected chi connectivity index (χ4v) is 3.09. The van der Waals surface area contributed by atoms with Gasteiger partial charge in [0.25, 0.3) is 0 Å². The number of carbonyl (C=O) groups excluding carboxylic acids is 1. The highest BCUT2D eigenvalue weighted by Gasteiger charge is 2.35. The Morgan fingerprint density at radius 2 is 2.00 bits per heavy atom. The van der Waals surface area contributed by atoms with Gasteiger partial charge < -0.3 is 14.4 Å². The second-order valence-corrected chi connectivity index (χ2v) is 5.49. The molecule has 0 saturated heterocycles. The average molecular weight is 277 g/mol. The fourth-order valence-electron chi connectivity index (χ4n) is 3.09.